The zero-order chi connectivity index (χ0) is 32.7. The van der Waals surface area contributed by atoms with Gasteiger partial charge in [-0.3, -0.25) is 4.79 Å². The smallest absolute Gasteiger partial charge is 0.319 e. The lowest BCUT2D eigenvalue weighted by Crippen LogP contribution is -2.55. The van der Waals surface area contributed by atoms with Crippen LogP contribution in [0.25, 0.3) is 32.8 Å². The Morgan fingerprint density at radius 1 is 1.15 bits per heavy atom. The van der Waals surface area contributed by atoms with Crippen molar-refractivity contribution >= 4 is 45.0 Å². The average molecular weight is 651 g/mol. The van der Waals surface area contributed by atoms with Crippen LogP contribution in [0.15, 0.2) is 55.1 Å². The number of aromatic nitrogens is 2. The van der Waals surface area contributed by atoms with Crippen LogP contribution in [-0.4, -0.2) is 84.2 Å². The van der Waals surface area contributed by atoms with Crippen molar-refractivity contribution in [2.45, 2.75) is 56.7 Å². The lowest BCUT2D eigenvalue weighted by molar-refractivity contribution is -0.128. The molecular formula is C37H39ClN6O3. The number of anilines is 1. The molecule has 2 aliphatic heterocycles. The molecule has 3 atom stereocenters. The number of likely N-dealkylation sites (N-methyl/N-ethyl adjacent to an activating group) is 1. The van der Waals surface area contributed by atoms with Gasteiger partial charge in [0.15, 0.2) is 0 Å². The number of amides is 1. The molecule has 47 heavy (non-hydrogen) atoms. The number of halogens is 1. The maximum atomic E-state index is 12.7. The predicted octanol–water partition coefficient (Wildman–Crippen LogP) is 6.41. The fourth-order valence-corrected chi connectivity index (χ4v) is 7.93. The summed E-state index contributed by atoms with van der Waals surface area (Å²) in [6, 6.07) is 16.9. The maximum absolute atomic E-state index is 12.7. The first kappa shape index (κ1) is 31.2. The normalized spacial score (nSPS) is 21.0. The van der Waals surface area contributed by atoms with E-state index in [4.69, 9.17) is 31.0 Å². The third kappa shape index (κ3) is 5.74. The largest absolute Gasteiger partial charge is 0.492 e. The summed E-state index contributed by atoms with van der Waals surface area (Å²) in [7, 11) is 4.17. The Morgan fingerprint density at radius 3 is 2.77 bits per heavy atom. The van der Waals surface area contributed by atoms with E-state index in [-0.39, 0.29) is 30.5 Å². The Hall–Kier alpha value is -4.39. The average Bonchev–Trinajstić information content (AvgIpc) is 3.55. The minimum Gasteiger partial charge on any atom is -0.492 e. The number of nitriles is 1. The van der Waals surface area contributed by atoms with Gasteiger partial charge in [0.05, 0.1) is 36.0 Å². The van der Waals surface area contributed by atoms with Crippen molar-refractivity contribution in [3.8, 4) is 29.0 Å². The van der Waals surface area contributed by atoms with E-state index < -0.39 is 0 Å². The van der Waals surface area contributed by atoms with Gasteiger partial charge >= 0.3 is 6.01 Å². The predicted molar refractivity (Wildman–Crippen MR) is 185 cm³/mol. The second-order valence-electron chi connectivity index (χ2n) is 12.9. The summed E-state index contributed by atoms with van der Waals surface area (Å²) in [5.41, 5.74) is 3.91. The van der Waals surface area contributed by atoms with Gasteiger partial charge in [0.1, 0.15) is 17.7 Å². The molecule has 1 amide bonds. The highest BCUT2D eigenvalue weighted by Gasteiger charge is 2.35. The van der Waals surface area contributed by atoms with E-state index in [0.717, 1.165) is 76.2 Å². The summed E-state index contributed by atoms with van der Waals surface area (Å²) >= 11 is 6.84. The zero-order valence-corrected chi connectivity index (χ0v) is 27.7. The van der Waals surface area contributed by atoms with Crippen molar-refractivity contribution in [3.05, 3.63) is 65.7 Å². The molecule has 1 aliphatic carbocycles. The van der Waals surface area contributed by atoms with Gasteiger partial charge in [-0.05, 0) is 80.9 Å². The molecule has 0 radical (unpaired) electrons. The molecule has 10 heteroatoms. The highest BCUT2D eigenvalue weighted by Crippen LogP contribution is 2.46. The number of piperazine rings is 1. The fourth-order valence-electron chi connectivity index (χ4n) is 7.64. The summed E-state index contributed by atoms with van der Waals surface area (Å²) in [6.45, 7) is 5.69. The quantitative estimate of drug-likeness (QED) is 0.212. The Bertz CT molecular complexity index is 1900. The molecule has 2 unspecified atom stereocenters. The van der Waals surface area contributed by atoms with Gasteiger partial charge in [-0.1, -0.05) is 48.5 Å². The third-order valence-corrected chi connectivity index (χ3v) is 10.2. The molecule has 9 nitrogen and oxygen atoms in total. The van der Waals surface area contributed by atoms with Crippen LogP contribution in [0.4, 0.5) is 5.82 Å². The van der Waals surface area contributed by atoms with E-state index in [1.807, 2.05) is 12.1 Å². The number of nitrogens with zero attached hydrogens (tertiary/aromatic N) is 6. The van der Waals surface area contributed by atoms with E-state index in [2.05, 4.69) is 66.9 Å². The van der Waals surface area contributed by atoms with E-state index in [1.54, 1.807) is 4.90 Å². The van der Waals surface area contributed by atoms with Crippen LogP contribution in [0.5, 0.6) is 11.8 Å². The summed E-state index contributed by atoms with van der Waals surface area (Å²) < 4.78 is 13.2. The molecule has 0 spiro atoms. The van der Waals surface area contributed by atoms with Crippen molar-refractivity contribution in [2.75, 3.05) is 45.2 Å². The Morgan fingerprint density at radius 2 is 1.98 bits per heavy atom. The Balaban J connectivity index is 1.43. The molecule has 4 aromatic rings. The molecule has 1 saturated carbocycles. The van der Waals surface area contributed by atoms with Crippen LogP contribution in [0.3, 0.4) is 0 Å². The molecule has 3 aliphatic rings. The van der Waals surface area contributed by atoms with Crippen molar-refractivity contribution in [3.63, 3.8) is 0 Å². The number of fused-ring (bicyclic) bond motifs is 4. The van der Waals surface area contributed by atoms with E-state index in [1.165, 1.54) is 6.08 Å². The van der Waals surface area contributed by atoms with Gasteiger partial charge in [-0.25, -0.2) is 0 Å². The number of carbonyl (C=O) groups is 1. The van der Waals surface area contributed by atoms with Crippen molar-refractivity contribution in [1.29, 1.82) is 5.26 Å². The van der Waals surface area contributed by atoms with E-state index in [9.17, 15) is 10.1 Å². The monoisotopic (exact) mass is 650 g/mol. The first-order chi connectivity index (χ1) is 22.9. The van der Waals surface area contributed by atoms with Gasteiger partial charge in [0.2, 0.25) is 5.91 Å². The highest BCUT2D eigenvalue weighted by atomic mass is 35.5. The van der Waals surface area contributed by atoms with Crippen LogP contribution in [0.2, 0.25) is 5.02 Å². The number of hydrogen-bond donors (Lipinski definition) is 0. The number of carbonyl (C=O) groups excluding carboxylic acids is 1. The lowest BCUT2D eigenvalue weighted by atomic mass is 9.89. The second kappa shape index (κ2) is 13.0. The SMILES string of the molecule is C=CC(=O)N1CCN(c2nc(OC3CCCC3N(C)C)nc3cc(-c4cccc5cccc(Cl)c45)c4c(c23)OCCC4)C[C@@H]1CC#N. The fraction of sp³-hybridized carbons (Fsp3) is 0.405. The number of benzene rings is 3. The van der Waals surface area contributed by atoms with Gasteiger partial charge < -0.3 is 24.2 Å². The third-order valence-electron chi connectivity index (χ3n) is 9.87. The van der Waals surface area contributed by atoms with Gasteiger partial charge in [-0.15, -0.1) is 0 Å². The van der Waals surface area contributed by atoms with E-state index in [0.29, 0.717) is 43.1 Å². The van der Waals surface area contributed by atoms with Crippen molar-refractivity contribution in [1.82, 2.24) is 19.8 Å². The molecular weight excluding hydrogens is 612 g/mol. The lowest BCUT2D eigenvalue weighted by Gasteiger charge is -2.41. The highest BCUT2D eigenvalue weighted by molar-refractivity contribution is 6.36. The number of hydrogen-bond acceptors (Lipinski definition) is 8. The molecule has 1 aromatic heterocycles. The summed E-state index contributed by atoms with van der Waals surface area (Å²) in [4.78, 5) is 29.0. The van der Waals surface area contributed by atoms with Crippen molar-refractivity contribution in [2.24, 2.45) is 0 Å². The van der Waals surface area contributed by atoms with Crippen LogP contribution in [-0.2, 0) is 11.2 Å². The summed E-state index contributed by atoms with van der Waals surface area (Å²) in [5, 5.41) is 13.3. The zero-order valence-electron chi connectivity index (χ0n) is 26.9. The molecule has 0 N–H and O–H groups in total. The van der Waals surface area contributed by atoms with Crippen LogP contribution in [0, 0.1) is 11.3 Å². The molecule has 1 saturated heterocycles. The minimum atomic E-state index is -0.310. The molecule has 0 bridgehead atoms. The number of rotatable bonds is 7. The molecule has 2 fully saturated rings. The molecule has 242 valence electrons. The maximum Gasteiger partial charge on any atom is 0.319 e. The van der Waals surface area contributed by atoms with Gasteiger partial charge in [0.25, 0.3) is 0 Å². The Labute approximate surface area is 280 Å². The Kier molecular flexibility index (Phi) is 8.65. The second-order valence-corrected chi connectivity index (χ2v) is 13.3. The number of ether oxygens (including phenoxy) is 2. The van der Waals surface area contributed by atoms with Crippen molar-refractivity contribution < 1.29 is 14.3 Å². The first-order valence-electron chi connectivity index (χ1n) is 16.4. The summed E-state index contributed by atoms with van der Waals surface area (Å²) in [5.74, 6) is 1.32. The topological polar surface area (TPSA) is 94.8 Å². The summed E-state index contributed by atoms with van der Waals surface area (Å²) in [6.07, 6.45) is 6.28. The van der Waals surface area contributed by atoms with Crippen LogP contribution in [0.1, 0.15) is 37.7 Å². The minimum absolute atomic E-state index is 0.0334. The van der Waals surface area contributed by atoms with Crippen LogP contribution < -0.4 is 14.4 Å². The first-order valence-corrected chi connectivity index (χ1v) is 16.8. The standard InChI is InChI=1S/C37H39ClN6O3/c1-4-32(45)44-19-18-43(22-24(44)16-17-39)36-34-29(40-37(41-36)47-31-15-7-14-30(31)42(2)3)21-27(26-12-8-20-46-35(26)34)25-11-5-9-23-10-6-13-28(38)33(23)25/h4-6,9-11,13,21,24,30-31H,1,7-8,12,14-16,18-20,22H2,2-3H3/t24-,30?,31?/m0/s1. The van der Waals surface area contributed by atoms with Gasteiger partial charge in [0, 0.05) is 41.6 Å². The van der Waals surface area contributed by atoms with Crippen LogP contribution >= 0.6 is 11.6 Å². The molecule has 3 aromatic carbocycles. The van der Waals surface area contributed by atoms with Gasteiger partial charge in [-0.2, -0.15) is 15.2 Å². The molecule has 3 heterocycles. The molecule has 7 rings (SSSR count). The van der Waals surface area contributed by atoms with E-state index >= 15 is 0 Å².